The average molecular weight is 440 g/mol. The number of nitrogens with two attached hydrogens (primary N) is 1. The molecule has 2 atom stereocenters. The van der Waals surface area contributed by atoms with Gasteiger partial charge in [-0.3, -0.25) is 19.7 Å². The van der Waals surface area contributed by atoms with Gasteiger partial charge in [-0.15, -0.1) is 12.4 Å². The van der Waals surface area contributed by atoms with Crippen molar-refractivity contribution in [2.45, 2.75) is 26.3 Å². The van der Waals surface area contributed by atoms with Gasteiger partial charge in [0.2, 0.25) is 11.8 Å². The molecule has 0 aliphatic carbocycles. The normalized spacial score (nSPS) is 12.3. The predicted molar refractivity (Wildman–Crippen MR) is 114 cm³/mol. The topological polar surface area (TPSA) is 115 Å². The van der Waals surface area contributed by atoms with Crippen LogP contribution in [0.15, 0.2) is 48.5 Å². The molecule has 9 heteroatoms. The van der Waals surface area contributed by atoms with Gasteiger partial charge in [0, 0.05) is 29.5 Å². The zero-order valence-corrected chi connectivity index (χ0v) is 17.4. The smallest absolute Gasteiger partial charge is 0.274 e. The van der Waals surface area contributed by atoms with Crippen molar-refractivity contribution < 1.29 is 14.5 Å². The summed E-state index contributed by atoms with van der Waals surface area (Å²) in [5.41, 5.74) is 6.71. The van der Waals surface area contributed by atoms with E-state index >= 15 is 0 Å². The quantitative estimate of drug-likeness (QED) is 0.457. The van der Waals surface area contributed by atoms with Gasteiger partial charge in [-0.2, -0.15) is 0 Å². The second kappa shape index (κ2) is 11.4. The third-order valence-corrected chi connectivity index (χ3v) is 4.90. The third-order valence-electron chi connectivity index (χ3n) is 4.66. The number of aryl methyl sites for hydroxylation is 1. The minimum absolute atomic E-state index is 0. The maximum atomic E-state index is 12.5. The molecule has 2 aromatic carbocycles. The second-order valence-corrected chi connectivity index (χ2v) is 7.01. The molecule has 0 spiro atoms. The summed E-state index contributed by atoms with van der Waals surface area (Å²) in [5.74, 6) is -2.26. The summed E-state index contributed by atoms with van der Waals surface area (Å²) in [6, 6.07) is 13.7. The molecule has 2 rings (SSSR count). The van der Waals surface area contributed by atoms with Gasteiger partial charge in [-0.1, -0.05) is 48.9 Å². The highest BCUT2D eigenvalue weighted by Gasteiger charge is 2.28. The first-order chi connectivity index (χ1) is 13.3. The molecule has 0 fully saturated rings. The van der Waals surface area contributed by atoms with Crippen LogP contribution in [0, 0.1) is 22.0 Å². The Bertz CT molecular complexity index is 862. The van der Waals surface area contributed by atoms with E-state index in [4.69, 9.17) is 17.3 Å². The van der Waals surface area contributed by atoms with Crippen LogP contribution in [0.4, 0.5) is 5.69 Å². The maximum absolute atomic E-state index is 12.5. The number of carbonyl (C=O) groups excluding carboxylic acids is 2. The molecular formula is C20H23Cl2N3O4. The van der Waals surface area contributed by atoms with Gasteiger partial charge in [0.15, 0.2) is 0 Å². The lowest BCUT2D eigenvalue weighted by atomic mass is 9.87. The van der Waals surface area contributed by atoms with Crippen LogP contribution in [0.25, 0.3) is 0 Å². The fourth-order valence-electron chi connectivity index (χ4n) is 3.01. The van der Waals surface area contributed by atoms with Gasteiger partial charge in [0.25, 0.3) is 5.69 Å². The van der Waals surface area contributed by atoms with E-state index in [-0.39, 0.29) is 30.2 Å². The van der Waals surface area contributed by atoms with E-state index < -0.39 is 28.6 Å². The minimum atomic E-state index is -0.667. The number of primary amides is 1. The number of nitrogens with zero attached hydrogens (tertiary/aromatic N) is 1. The molecule has 0 saturated heterocycles. The highest BCUT2D eigenvalue weighted by atomic mass is 35.5. The first kappa shape index (κ1) is 24.4. The van der Waals surface area contributed by atoms with E-state index in [1.165, 1.54) is 18.2 Å². The molecular weight excluding hydrogens is 417 g/mol. The largest absolute Gasteiger partial charge is 0.369 e. The van der Waals surface area contributed by atoms with Crippen LogP contribution >= 0.6 is 24.0 Å². The molecule has 0 radical (unpaired) electrons. The van der Waals surface area contributed by atoms with E-state index in [0.29, 0.717) is 17.9 Å². The molecule has 0 heterocycles. The van der Waals surface area contributed by atoms with Crippen molar-refractivity contribution in [2.24, 2.45) is 17.6 Å². The van der Waals surface area contributed by atoms with E-state index in [1.807, 2.05) is 30.3 Å². The number of hydrogen-bond donors (Lipinski definition) is 2. The van der Waals surface area contributed by atoms with Crippen LogP contribution in [0.5, 0.6) is 0 Å². The summed E-state index contributed by atoms with van der Waals surface area (Å²) < 4.78 is 0. The molecule has 2 amide bonds. The fourth-order valence-corrected chi connectivity index (χ4v) is 3.20. The number of nitro benzene ring substituents is 1. The van der Waals surface area contributed by atoms with Crippen LogP contribution in [0.2, 0.25) is 5.02 Å². The number of benzene rings is 2. The maximum Gasteiger partial charge on any atom is 0.274 e. The van der Waals surface area contributed by atoms with Crippen molar-refractivity contribution in [1.82, 2.24) is 5.32 Å². The zero-order valence-electron chi connectivity index (χ0n) is 15.8. The summed E-state index contributed by atoms with van der Waals surface area (Å²) in [4.78, 5) is 35.0. The molecule has 1 unspecified atom stereocenters. The molecule has 0 saturated carbocycles. The first-order valence-corrected chi connectivity index (χ1v) is 9.21. The minimum Gasteiger partial charge on any atom is -0.369 e. The predicted octanol–water partition coefficient (Wildman–Crippen LogP) is 3.66. The Balaban J connectivity index is 0.00000420. The van der Waals surface area contributed by atoms with Gasteiger partial charge in [0.05, 0.1) is 10.5 Å². The van der Waals surface area contributed by atoms with Crippen molar-refractivity contribution >= 4 is 41.5 Å². The Kier molecular flexibility index (Phi) is 9.58. The van der Waals surface area contributed by atoms with Crippen LogP contribution in [-0.4, -0.2) is 16.7 Å². The van der Waals surface area contributed by atoms with Crippen LogP contribution < -0.4 is 11.1 Å². The van der Waals surface area contributed by atoms with Crippen LogP contribution in [0.3, 0.4) is 0 Å². The van der Waals surface area contributed by atoms with E-state index in [9.17, 15) is 19.7 Å². The molecule has 2 aromatic rings. The Hall–Kier alpha value is -2.64. The number of nitrogens with one attached hydrogen (secondary N) is 1. The Labute approximate surface area is 180 Å². The van der Waals surface area contributed by atoms with Gasteiger partial charge < -0.3 is 11.1 Å². The van der Waals surface area contributed by atoms with Crippen molar-refractivity contribution in [2.75, 3.05) is 0 Å². The standard InChI is InChI=1S/C20H22ClN3O4.ClH/c1-13(17(19(22)25)9-7-14-5-3-2-4-6-14)20(26)23-12-15-11-16(21)8-10-18(15)24(27)28;/h2-6,8,10-11,13,17H,7,9,12H2,1H3,(H2,22,25)(H,23,26);1H/t13-,17?;/m0./s1. The van der Waals surface area contributed by atoms with Crippen LogP contribution in [0.1, 0.15) is 24.5 Å². The van der Waals surface area contributed by atoms with E-state index in [0.717, 1.165) is 5.56 Å². The number of amides is 2. The van der Waals surface area contributed by atoms with Crippen LogP contribution in [-0.2, 0) is 22.6 Å². The monoisotopic (exact) mass is 439 g/mol. The molecule has 0 aliphatic heterocycles. The summed E-state index contributed by atoms with van der Waals surface area (Å²) in [6.45, 7) is 1.56. The van der Waals surface area contributed by atoms with Crippen molar-refractivity contribution in [3.05, 3.63) is 74.8 Å². The summed E-state index contributed by atoms with van der Waals surface area (Å²) >= 11 is 5.89. The number of hydrogen-bond acceptors (Lipinski definition) is 4. The summed E-state index contributed by atoms with van der Waals surface area (Å²) in [6.07, 6.45) is 1.05. The molecule has 0 bridgehead atoms. The number of nitro groups is 1. The highest BCUT2D eigenvalue weighted by Crippen LogP contribution is 2.23. The Morgan fingerprint density at radius 2 is 1.86 bits per heavy atom. The number of carbonyl (C=O) groups is 2. The molecule has 0 aromatic heterocycles. The number of halogens is 2. The van der Waals surface area contributed by atoms with E-state index in [2.05, 4.69) is 5.32 Å². The van der Waals surface area contributed by atoms with Gasteiger partial charge in [-0.05, 0) is 30.5 Å². The van der Waals surface area contributed by atoms with Gasteiger partial charge >= 0.3 is 0 Å². The van der Waals surface area contributed by atoms with Crippen molar-refractivity contribution in [3.8, 4) is 0 Å². The second-order valence-electron chi connectivity index (χ2n) is 6.57. The lowest BCUT2D eigenvalue weighted by molar-refractivity contribution is -0.385. The Morgan fingerprint density at radius 3 is 2.45 bits per heavy atom. The Morgan fingerprint density at radius 1 is 1.21 bits per heavy atom. The van der Waals surface area contributed by atoms with Gasteiger partial charge in [0.1, 0.15) is 0 Å². The molecule has 29 heavy (non-hydrogen) atoms. The summed E-state index contributed by atoms with van der Waals surface area (Å²) in [5, 5.41) is 14.1. The van der Waals surface area contributed by atoms with E-state index in [1.54, 1.807) is 6.92 Å². The van der Waals surface area contributed by atoms with Crippen molar-refractivity contribution in [1.29, 1.82) is 0 Å². The fraction of sp³-hybridized carbons (Fsp3) is 0.300. The SMILES string of the molecule is C[C@H](C(=O)NCc1cc(Cl)ccc1[N+](=O)[O-])C(CCc1ccccc1)C(N)=O.Cl. The van der Waals surface area contributed by atoms with Gasteiger partial charge in [-0.25, -0.2) is 0 Å². The zero-order chi connectivity index (χ0) is 20.7. The molecule has 156 valence electrons. The first-order valence-electron chi connectivity index (χ1n) is 8.83. The lowest BCUT2D eigenvalue weighted by Crippen LogP contribution is -2.39. The molecule has 7 nitrogen and oxygen atoms in total. The summed E-state index contributed by atoms with van der Waals surface area (Å²) in [7, 11) is 0. The lowest BCUT2D eigenvalue weighted by Gasteiger charge is -2.20. The molecule has 3 N–H and O–H groups in total. The highest BCUT2D eigenvalue weighted by molar-refractivity contribution is 6.30. The average Bonchev–Trinajstić information content (AvgIpc) is 2.66. The molecule has 0 aliphatic rings. The number of rotatable bonds is 9. The van der Waals surface area contributed by atoms with Crippen molar-refractivity contribution in [3.63, 3.8) is 0 Å². The third kappa shape index (κ3) is 7.03.